The summed E-state index contributed by atoms with van der Waals surface area (Å²) in [4.78, 5) is 12.4. The summed E-state index contributed by atoms with van der Waals surface area (Å²) in [5.74, 6) is 0.440. The fourth-order valence-corrected chi connectivity index (χ4v) is 1.97. The standard InChI is InChI=1S/C16H17NO2/c1-3-11-7-9-12(10-8-11)16(18)13-5-4-6-14(19-2)15(13)17/h4-10H,3,17H2,1-2H3. The maximum absolute atomic E-state index is 12.4. The van der Waals surface area contributed by atoms with Gasteiger partial charge in [0.25, 0.3) is 0 Å². The number of methoxy groups -OCH3 is 1. The molecule has 0 aliphatic rings. The van der Waals surface area contributed by atoms with Crippen molar-refractivity contribution in [1.29, 1.82) is 0 Å². The SMILES string of the molecule is CCc1ccc(C(=O)c2cccc(OC)c2N)cc1. The van der Waals surface area contributed by atoms with E-state index in [0.717, 1.165) is 6.42 Å². The number of aryl methyl sites for hydroxylation is 1. The summed E-state index contributed by atoms with van der Waals surface area (Å²) in [6.07, 6.45) is 0.954. The third kappa shape index (κ3) is 2.60. The number of carbonyl (C=O) groups is 1. The quantitative estimate of drug-likeness (QED) is 0.674. The molecule has 2 N–H and O–H groups in total. The topological polar surface area (TPSA) is 52.3 Å². The lowest BCUT2D eigenvalue weighted by Gasteiger charge is -2.09. The first kappa shape index (κ1) is 13.1. The van der Waals surface area contributed by atoms with Crippen LogP contribution in [0.25, 0.3) is 0 Å². The van der Waals surface area contributed by atoms with Crippen molar-refractivity contribution in [2.75, 3.05) is 12.8 Å². The molecule has 2 aromatic rings. The van der Waals surface area contributed by atoms with Crippen molar-refractivity contribution in [3.63, 3.8) is 0 Å². The first-order valence-corrected chi connectivity index (χ1v) is 6.23. The van der Waals surface area contributed by atoms with Gasteiger partial charge in [-0.15, -0.1) is 0 Å². The van der Waals surface area contributed by atoms with Crippen LogP contribution in [0.1, 0.15) is 28.4 Å². The number of hydrogen-bond acceptors (Lipinski definition) is 3. The summed E-state index contributed by atoms with van der Waals surface area (Å²) in [5.41, 5.74) is 8.64. The largest absolute Gasteiger partial charge is 0.495 e. The molecule has 3 heteroatoms. The van der Waals surface area contributed by atoms with Crippen LogP contribution in [0.4, 0.5) is 5.69 Å². The Labute approximate surface area is 113 Å². The molecule has 0 atom stereocenters. The summed E-state index contributed by atoms with van der Waals surface area (Å²) >= 11 is 0. The van der Waals surface area contributed by atoms with Gasteiger partial charge in [-0.05, 0) is 24.1 Å². The minimum atomic E-state index is -0.0842. The molecule has 0 radical (unpaired) electrons. The number of ether oxygens (including phenoxy) is 1. The molecule has 0 spiro atoms. The fraction of sp³-hybridized carbons (Fsp3) is 0.188. The number of nitrogens with two attached hydrogens (primary N) is 1. The van der Waals surface area contributed by atoms with E-state index in [0.29, 0.717) is 22.6 Å². The van der Waals surface area contributed by atoms with Gasteiger partial charge in [-0.1, -0.05) is 37.3 Å². The van der Waals surface area contributed by atoms with Gasteiger partial charge in [0, 0.05) is 11.1 Å². The Kier molecular flexibility index (Phi) is 3.85. The van der Waals surface area contributed by atoms with Crippen LogP contribution in [0.2, 0.25) is 0 Å². The molecule has 0 aliphatic heterocycles. The Balaban J connectivity index is 2.38. The molecule has 2 rings (SSSR count). The van der Waals surface area contributed by atoms with E-state index in [9.17, 15) is 4.79 Å². The lowest BCUT2D eigenvalue weighted by atomic mass is 10.00. The summed E-state index contributed by atoms with van der Waals surface area (Å²) in [6.45, 7) is 2.08. The molecular formula is C16H17NO2. The normalized spacial score (nSPS) is 10.2. The predicted octanol–water partition coefficient (Wildman–Crippen LogP) is 3.07. The molecule has 2 aromatic carbocycles. The van der Waals surface area contributed by atoms with E-state index in [4.69, 9.17) is 10.5 Å². The molecule has 0 aromatic heterocycles. The van der Waals surface area contributed by atoms with Gasteiger partial charge in [0.2, 0.25) is 0 Å². The Morgan fingerprint density at radius 2 is 1.84 bits per heavy atom. The van der Waals surface area contributed by atoms with Gasteiger partial charge in [0.1, 0.15) is 5.75 Å². The molecule has 0 amide bonds. The number of hydrogen-bond donors (Lipinski definition) is 1. The lowest BCUT2D eigenvalue weighted by Crippen LogP contribution is -2.06. The maximum atomic E-state index is 12.4. The zero-order valence-electron chi connectivity index (χ0n) is 11.1. The molecular weight excluding hydrogens is 238 g/mol. The molecule has 0 bridgehead atoms. The molecule has 19 heavy (non-hydrogen) atoms. The monoisotopic (exact) mass is 255 g/mol. The number of rotatable bonds is 4. The molecule has 0 heterocycles. The first-order chi connectivity index (χ1) is 9.17. The summed E-state index contributed by atoms with van der Waals surface area (Å²) < 4.78 is 5.13. The number of nitrogen functional groups attached to an aromatic ring is 1. The third-order valence-electron chi connectivity index (χ3n) is 3.16. The van der Waals surface area contributed by atoms with Crippen LogP contribution in [0.5, 0.6) is 5.75 Å². The molecule has 0 saturated heterocycles. The number of carbonyl (C=O) groups excluding carboxylic acids is 1. The zero-order valence-corrected chi connectivity index (χ0v) is 11.1. The number of para-hydroxylation sites is 1. The van der Waals surface area contributed by atoms with Crippen LogP contribution in [-0.4, -0.2) is 12.9 Å². The second kappa shape index (κ2) is 5.57. The number of ketones is 1. The Bertz CT molecular complexity index is 588. The lowest BCUT2D eigenvalue weighted by molar-refractivity contribution is 0.103. The summed E-state index contributed by atoms with van der Waals surface area (Å²) in [6, 6.07) is 12.8. The average molecular weight is 255 g/mol. The molecule has 0 fully saturated rings. The van der Waals surface area contributed by atoms with Crippen LogP contribution in [-0.2, 0) is 6.42 Å². The van der Waals surface area contributed by atoms with Gasteiger partial charge < -0.3 is 10.5 Å². The highest BCUT2D eigenvalue weighted by atomic mass is 16.5. The third-order valence-corrected chi connectivity index (χ3v) is 3.16. The van der Waals surface area contributed by atoms with E-state index in [1.54, 1.807) is 18.2 Å². The Morgan fingerprint density at radius 1 is 1.16 bits per heavy atom. The van der Waals surface area contributed by atoms with Gasteiger partial charge in [0.15, 0.2) is 5.78 Å². The van der Waals surface area contributed by atoms with Gasteiger partial charge >= 0.3 is 0 Å². The van der Waals surface area contributed by atoms with Crippen molar-refractivity contribution >= 4 is 11.5 Å². The van der Waals surface area contributed by atoms with E-state index >= 15 is 0 Å². The highest BCUT2D eigenvalue weighted by Gasteiger charge is 2.14. The summed E-state index contributed by atoms with van der Waals surface area (Å²) in [5, 5.41) is 0. The van der Waals surface area contributed by atoms with E-state index in [1.165, 1.54) is 12.7 Å². The highest BCUT2D eigenvalue weighted by Crippen LogP contribution is 2.26. The van der Waals surface area contributed by atoms with Gasteiger partial charge in [0.05, 0.1) is 12.8 Å². The van der Waals surface area contributed by atoms with Crippen molar-refractivity contribution in [2.24, 2.45) is 0 Å². The first-order valence-electron chi connectivity index (χ1n) is 6.23. The van der Waals surface area contributed by atoms with Crippen LogP contribution >= 0.6 is 0 Å². The molecule has 0 saturated carbocycles. The van der Waals surface area contributed by atoms with Crippen molar-refractivity contribution in [3.8, 4) is 5.75 Å². The maximum Gasteiger partial charge on any atom is 0.195 e. The predicted molar refractivity (Wildman–Crippen MR) is 76.7 cm³/mol. The van der Waals surface area contributed by atoms with Crippen LogP contribution < -0.4 is 10.5 Å². The minimum absolute atomic E-state index is 0.0842. The molecule has 98 valence electrons. The number of anilines is 1. The Morgan fingerprint density at radius 3 is 2.42 bits per heavy atom. The van der Waals surface area contributed by atoms with Crippen molar-refractivity contribution < 1.29 is 9.53 Å². The smallest absolute Gasteiger partial charge is 0.195 e. The van der Waals surface area contributed by atoms with Gasteiger partial charge in [-0.3, -0.25) is 4.79 Å². The minimum Gasteiger partial charge on any atom is -0.495 e. The van der Waals surface area contributed by atoms with E-state index < -0.39 is 0 Å². The van der Waals surface area contributed by atoms with E-state index in [-0.39, 0.29) is 5.78 Å². The van der Waals surface area contributed by atoms with E-state index in [2.05, 4.69) is 6.92 Å². The van der Waals surface area contributed by atoms with Crippen molar-refractivity contribution in [3.05, 3.63) is 59.2 Å². The second-order valence-corrected chi connectivity index (χ2v) is 4.30. The average Bonchev–Trinajstić information content (AvgIpc) is 2.47. The van der Waals surface area contributed by atoms with Crippen LogP contribution in [0.15, 0.2) is 42.5 Å². The van der Waals surface area contributed by atoms with Crippen LogP contribution in [0, 0.1) is 0 Å². The summed E-state index contributed by atoms with van der Waals surface area (Å²) in [7, 11) is 1.54. The van der Waals surface area contributed by atoms with Gasteiger partial charge in [-0.2, -0.15) is 0 Å². The Hall–Kier alpha value is -2.29. The fourth-order valence-electron chi connectivity index (χ4n) is 1.97. The number of benzene rings is 2. The molecule has 0 aliphatic carbocycles. The van der Waals surface area contributed by atoms with Crippen molar-refractivity contribution in [1.82, 2.24) is 0 Å². The van der Waals surface area contributed by atoms with Crippen molar-refractivity contribution in [2.45, 2.75) is 13.3 Å². The molecule has 3 nitrogen and oxygen atoms in total. The zero-order chi connectivity index (χ0) is 13.8. The molecule has 0 unspecified atom stereocenters. The van der Waals surface area contributed by atoms with Gasteiger partial charge in [-0.25, -0.2) is 0 Å². The van der Waals surface area contributed by atoms with E-state index in [1.807, 2.05) is 24.3 Å². The second-order valence-electron chi connectivity index (χ2n) is 4.30. The highest BCUT2D eigenvalue weighted by molar-refractivity contribution is 6.12. The van der Waals surface area contributed by atoms with Crippen LogP contribution in [0.3, 0.4) is 0 Å².